The number of rotatable bonds is 3. The average Bonchev–Trinajstić information content (AvgIpc) is 2.52. The van der Waals surface area contributed by atoms with Gasteiger partial charge in [-0.3, -0.25) is 4.21 Å². The van der Waals surface area contributed by atoms with Crippen molar-refractivity contribution in [2.24, 2.45) is 0 Å². The van der Waals surface area contributed by atoms with Crippen molar-refractivity contribution in [2.75, 3.05) is 17.7 Å². The molecule has 17 heavy (non-hydrogen) atoms. The van der Waals surface area contributed by atoms with E-state index in [0.29, 0.717) is 32.8 Å². The molecule has 0 aliphatic rings. The molecule has 0 saturated carbocycles. The average molecular weight is 367 g/mol. The largest absolute Gasteiger partial charge is 0.369 e. The van der Waals surface area contributed by atoms with Crippen LogP contribution in [0.5, 0.6) is 0 Å². The van der Waals surface area contributed by atoms with Crippen molar-refractivity contribution in [2.45, 2.75) is 6.54 Å². The first-order chi connectivity index (χ1) is 7.99. The molecule has 1 aromatic heterocycles. The summed E-state index contributed by atoms with van der Waals surface area (Å²) in [5, 5.41) is 0. The number of imidazole rings is 1. The summed E-state index contributed by atoms with van der Waals surface area (Å²) < 4.78 is 26.8. The number of aromatic nitrogens is 2. The number of anilines is 1. The number of hydrogen-bond acceptors (Lipinski definition) is 3. The first kappa shape index (κ1) is 12.7. The molecule has 0 aliphatic carbocycles. The molecule has 2 aromatic rings. The Kier molecular flexibility index (Phi) is 3.67. The Labute approximate surface area is 114 Å². The van der Waals surface area contributed by atoms with Gasteiger partial charge in [0.1, 0.15) is 5.82 Å². The molecule has 1 heterocycles. The van der Waals surface area contributed by atoms with Crippen molar-refractivity contribution < 1.29 is 8.60 Å². The van der Waals surface area contributed by atoms with E-state index in [4.69, 9.17) is 5.73 Å². The molecular formula is C10H11FIN3OS. The lowest BCUT2D eigenvalue weighted by molar-refractivity contribution is 0.621. The maximum Gasteiger partial charge on any atom is 0.201 e. The van der Waals surface area contributed by atoms with E-state index in [0.717, 1.165) is 0 Å². The van der Waals surface area contributed by atoms with Gasteiger partial charge in [-0.1, -0.05) is 0 Å². The summed E-state index contributed by atoms with van der Waals surface area (Å²) in [4.78, 5) is 4.16. The predicted molar refractivity (Wildman–Crippen MR) is 75.8 cm³/mol. The zero-order chi connectivity index (χ0) is 12.6. The topological polar surface area (TPSA) is 60.9 Å². The van der Waals surface area contributed by atoms with E-state index in [1.54, 1.807) is 16.9 Å². The summed E-state index contributed by atoms with van der Waals surface area (Å²) in [6.45, 7) is 0.478. The summed E-state index contributed by atoms with van der Waals surface area (Å²) in [5.74, 6) is 0.507. The highest BCUT2D eigenvalue weighted by Crippen LogP contribution is 2.22. The van der Waals surface area contributed by atoms with E-state index < -0.39 is 10.8 Å². The van der Waals surface area contributed by atoms with Crippen LogP contribution in [0.1, 0.15) is 0 Å². The number of nitrogen functional groups attached to an aromatic ring is 1. The molecule has 0 saturated heterocycles. The number of nitrogens with zero attached hydrogens (tertiary/aromatic N) is 2. The zero-order valence-electron chi connectivity index (χ0n) is 9.11. The second-order valence-electron chi connectivity index (χ2n) is 3.65. The van der Waals surface area contributed by atoms with E-state index in [1.165, 1.54) is 6.07 Å². The molecule has 2 rings (SSSR count). The summed E-state index contributed by atoms with van der Waals surface area (Å²) in [6.07, 6.45) is 1.62. The number of nitrogens with two attached hydrogens (primary N) is 1. The predicted octanol–water partition coefficient (Wildman–Crippen LogP) is 1.74. The molecule has 1 atom stereocenters. The van der Waals surface area contributed by atoms with Gasteiger partial charge in [0.2, 0.25) is 5.95 Å². The van der Waals surface area contributed by atoms with Gasteiger partial charge < -0.3 is 10.3 Å². The lowest BCUT2D eigenvalue weighted by Crippen LogP contribution is -2.09. The minimum Gasteiger partial charge on any atom is -0.369 e. The Hall–Kier alpha value is -0.700. The Morgan fingerprint density at radius 2 is 2.29 bits per heavy atom. The fraction of sp³-hybridized carbons (Fsp3) is 0.300. The smallest absolute Gasteiger partial charge is 0.201 e. The number of aryl methyl sites for hydroxylation is 1. The van der Waals surface area contributed by atoms with Gasteiger partial charge in [-0.25, -0.2) is 9.37 Å². The third-order valence-electron chi connectivity index (χ3n) is 2.42. The molecule has 1 unspecified atom stereocenters. The van der Waals surface area contributed by atoms with Crippen molar-refractivity contribution in [1.29, 1.82) is 0 Å². The molecule has 0 spiro atoms. The van der Waals surface area contributed by atoms with Gasteiger partial charge in [-0.2, -0.15) is 0 Å². The quantitative estimate of drug-likeness (QED) is 0.841. The summed E-state index contributed by atoms with van der Waals surface area (Å²) in [7, 11) is -0.911. The second-order valence-corrected chi connectivity index (χ2v) is 6.37. The Morgan fingerprint density at radius 3 is 2.94 bits per heavy atom. The van der Waals surface area contributed by atoms with Crippen LogP contribution in [-0.2, 0) is 17.3 Å². The van der Waals surface area contributed by atoms with Crippen LogP contribution in [-0.4, -0.2) is 25.8 Å². The first-order valence-corrected chi connectivity index (χ1v) is 7.70. The van der Waals surface area contributed by atoms with Gasteiger partial charge in [-0.15, -0.1) is 0 Å². The Balaban J connectivity index is 2.50. The monoisotopic (exact) mass is 367 g/mol. The van der Waals surface area contributed by atoms with Crippen LogP contribution in [0.4, 0.5) is 10.3 Å². The van der Waals surface area contributed by atoms with E-state index in [9.17, 15) is 8.60 Å². The molecule has 2 N–H and O–H groups in total. The fourth-order valence-corrected chi connectivity index (χ4v) is 2.48. The van der Waals surface area contributed by atoms with Crippen molar-refractivity contribution in [3.63, 3.8) is 0 Å². The fourth-order valence-electron chi connectivity index (χ4n) is 1.59. The summed E-state index contributed by atoms with van der Waals surface area (Å²) in [5.41, 5.74) is 7.07. The molecule has 4 nitrogen and oxygen atoms in total. The van der Waals surface area contributed by atoms with Crippen LogP contribution >= 0.6 is 22.6 Å². The van der Waals surface area contributed by atoms with Gasteiger partial charge in [0.25, 0.3) is 0 Å². The molecule has 0 bridgehead atoms. The number of hydrogen-bond donors (Lipinski definition) is 1. The van der Waals surface area contributed by atoms with Crippen LogP contribution in [0.15, 0.2) is 12.1 Å². The van der Waals surface area contributed by atoms with Gasteiger partial charge in [-0.05, 0) is 28.7 Å². The molecule has 7 heteroatoms. The van der Waals surface area contributed by atoms with Crippen molar-refractivity contribution in [1.82, 2.24) is 9.55 Å². The number of halogens is 2. The lowest BCUT2D eigenvalue weighted by atomic mass is 10.3. The van der Waals surface area contributed by atoms with Crippen molar-refractivity contribution >= 4 is 50.4 Å². The van der Waals surface area contributed by atoms with Gasteiger partial charge >= 0.3 is 0 Å². The minimum absolute atomic E-state index is 0.295. The normalized spacial score (nSPS) is 13.1. The van der Waals surface area contributed by atoms with Crippen LogP contribution in [0.25, 0.3) is 11.0 Å². The molecular weight excluding hydrogens is 356 g/mol. The van der Waals surface area contributed by atoms with Crippen molar-refractivity contribution in [3.05, 3.63) is 21.5 Å². The van der Waals surface area contributed by atoms with Gasteiger partial charge in [0.05, 0.1) is 14.6 Å². The maximum atomic E-state index is 13.5. The van der Waals surface area contributed by atoms with Crippen LogP contribution in [0.3, 0.4) is 0 Å². The molecule has 1 aromatic carbocycles. The van der Waals surface area contributed by atoms with E-state index in [2.05, 4.69) is 4.98 Å². The van der Waals surface area contributed by atoms with Crippen LogP contribution in [0.2, 0.25) is 0 Å². The molecule has 0 amide bonds. The molecule has 0 fully saturated rings. The second kappa shape index (κ2) is 4.89. The highest BCUT2D eigenvalue weighted by Gasteiger charge is 2.11. The zero-order valence-corrected chi connectivity index (χ0v) is 12.1. The van der Waals surface area contributed by atoms with Crippen LogP contribution in [0, 0.1) is 9.39 Å². The maximum absolute atomic E-state index is 13.5. The standard InChI is InChI=1S/C10H11FIN3OS/c1-17(16)3-2-15-9-4-6(11)7(12)5-8(9)14-10(15)13/h4-5H,2-3H2,1H3,(H2,13,14). The molecule has 0 aliphatic heterocycles. The lowest BCUT2D eigenvalue weighted by Gasteiger charge is -2.05. The SMILES string of the molecule is CS(=O)CCn1c(N)nc2cc(I)c(F)cc21. The summed E-state index contributed by atoms with van der Waals surface area (Å²) >= 11 is 1.91. The van der Waals surface area contributed by atoms with Gasteiger partial charge in [0.15, 0.2) is 0 Å². The van der Waals surface area contributed by atoms with Crippen molar-refractivity contribution in [3.8, 4) is 0 Å². The van der Waals surface area contributed by atoms with E-state index >= 15 is 0 Å². The van der Waals surface area contributed by atoms with Crippen LogP contribution < -0.4 is 5.73 Å². The Bertz CT molecular complexity index is 599. The number of benzene rings is 1. The number of fused-ring (bicyclic) bond motifs is 1. The minimum atomic E-state index is -0.911. The summed E-state index contributed by atoms with van der Waals surface area (Å²) in [6, 6.07) is 3.07. The Morgan fingerprint density at radius 1 is 1.59 bits per heavy atom. The van der Waals surface area contributed by atoms with Gasteiger partial charge in [0, 0.05) is 35.4 Å². The molecule has 92 valence electrons. The van der Waals surface area contributed by atoms with E-state index in [-0.39, 0.29) is 5.82 Å². The first-order valence-electron chi connectivity index (χ1n) is 4.90. The third-order valence-corrected chi connectivity index (χ3v) is 4.01. The molecule has 0 radical (unpaired) electrons. The van der Waals surface area contributed by atoms with E-state index in [1.807, 2.05) is 22.6 Å². The third kappa shape index (κ3) is 2.59. The highest BCUT2D eigenvalue weighted by molar-refractivity contribution is 14.1. The highest BCUT2D eigenvalue weighted by atomic mass is 127.